The van der Waals surface area contributed by atoms with Gasteiger partial charge in [-0.05, 0) is 31.9 Å². The van der Waals surface area contributed by atoms with Crippen LogP contribution in [0.5, 0.6) is 0 Å². The predicted octanol–water partition coefficient (Wildman–Crippen LogP) is 1.33. The summed E-state index contributed by atoms with van der Waals surface area (Å²) in [6.45, 7) is 4.80. The minimum atomic E-state index is -3.80. The quantitative estimate of drug-likeness (QED) is 0.885. The van der Waals surface area contributed by atoms with Crippen LogP contribution in [0.15, 0.2) is 23.4 Å². The van der Waals surface area contributed by atoms with Gasteiger partial charge in [0, 0.05) is 13.2 Å². The number of hydrogen-bond acceptors (Lipinski definition) is 4. The molecule has 0 unspecified atom stereocenters. The van der Waals surface area contributed by atoms with Gasteiger partial charge in [0.25, 0.3) is 0 Å². The SMILES string of the molecule is CCCc1ccc(S(=O)(=O)C(C)(C)C(=O)NC)nc1. The van der Waals surface area contributed by atoms with Crippen LogP contribution in [-0.4, -0.2) is 31.1 Å². The van der Waals surface area contributed by atoms with E-state index in [1.54, 1.807) is 12.3 Å². The fourth-order valence-corrected chi connectivity index (χ4v) is 3.00. The molecule has 6 heteroatoms. The van der Waals surface area contributed by atoms with Crippen molar-refractivity contribution >= 4 is 15.7 Å². The molecule has 0 bridgehead atoms. The maximum atomic E-state index is 12.4. The van der Waals surface area contributed by atoms with Crippen LogP contribution in [0.1, 0.15) is 32.8 Å². The first-order valence-corrected chi connectivity index (χ1v) is 7.67. The molecule has 0 saturated carbocycles. The highest BCUT2D eigenvalue weighted by Gasteiger charge is 2.43. The lowest BCUT2D eigenvalue weighted by molar-refractivity contribution is -0.122. The van der Waals surface area contributed by atoms with Crippen LogP contribution < -0.4 is 5.32 Å². The van der Waals surface area contributed by atoms with E-state index in [2.05, 4.69) is 10.3 Å². The minimum Gasteiger partial charge on any atom is -0.358 e. The molecule has 0 aliphatic heterocycles. The second-order valence-corrected chi connectivity index (χ2v) is 7.29. The lowest BCUT2D eigenvalue weighted by atomic mass is 10.2. The van der Waals surface area contributed by atoms with E-state index in [0.717, 1.165) is 18.4 Å². The van der Waals surface area contributed by atoms with E-state index in [1.165, 1.54) is 27.0 Å². The average Bonchev–Trinajstić information content (AvgIpc) is 2.38. The standard InChI is InChI=1S/C13H20N2O3S/c1-5-6-10-7-8-11(15-9-10)19(17,18)13(2,3)12(16)14-4/h7-9H,5-6H2,1-4H3,(H,14,16). The molecule has 0 fully saturated rings. The van der Waals surface area contributed by atoms with Crippen LogP contribution in [0.2, 0.25) is 0 Å². The molecule has 1 aromatic rings. The molecule has 0 aliphatic rings. The van der Waals surface area contributed by atoms with Gasteiger partial charge in [-0.2, -0.15) is 0 Å². The number of nitrogens with one attached hydrogen (secondary N) is 1. The normalized spacial score (nSPS) is 12.2. The Balaban J connectivity index is 3.17. The lowest BCUT2D eigenvalue weighted by Gasteiger charge is -2.22. The van der Waals surface area contributed by atoms with Crippen LogP contribution in [-0.2, 0) is 21.1 Å². The van der Waals surface area contributed by atoms with Crippen molar-refractivity contribution in [1.29, 1.82) is 0 Å². The van der Waals surface area contributed by atoms with Gasteiger partial charge in [0.2, 0.25) is 15.7 Å². The van der Waals surface area contributed by atoms with Gasteiger partial charge in [-0.3, -0.25) is 4.79 Å². The van der Waals surface area contributed by atoms with E-state index < -0.39 is 20.5 Å². The summed E-state index contributed by atoms with van der Waals surface area (Å²) >= 11 is 0. The molecule has 0 radical (unpaired) electrons. The topological polar surface area (TPSA) is 76.1 Å². The number of carbonyl (C=O) groups is 1. The molecular formula is C13H20N2O3S. The second-order valence-electron chi connectivity index (χ2n) is 4.85. The van der Waals surface area contributed by atoms with Gasteiger partial charge in [0.1, 0.15) is 0 Å². The Morgan fingerprint density at radius 1 is 1.37 bits per heavy atom. The van der Waals surface area contributed by atoms with Gasteiger partial charge in [-0.15, -0.1) is 0 Å². The average molecular weight is 284 g/mol. The summed E-state index contributed by atoms with van der Waals surface area (Å²) in [5.41, 5.74) is 0.985. The summed E-state index contributed by atoms with van der Waals surface area (Å²) in [5.74, 6) is -0.549. The maximum Gasteiger partial charge on any atom is 0.241 e. The zero-order valence-electron chi connectivity index (χ0n) is 11.7. The number of rotatable bonds is 5. The molecule has 0 aromatic carbocycles. The van der Waals surface area contributed by atoms with E-state index in [-0.39, 0.29) is 5.03 Å². The Hall–Kier alpha value is -1.43. The number of nitrogens with zero attached hydrogens (tertiary/aromatic N) is 1. The first kappa shape index (κ1) is 15.6. The fraction of sp³-hybridized carbons (Fsp3) is 0.538. The summed E-state index contributed by atoms with van der Waals surface area (Å²) in [7, 11) is -2.39. The van der Waals surface area contributed by atoms with Crippen molar-refractivity contribution in [1.82, 2.24) is 10.3 Å². The minimum absolute atomic E-state index is 0.0686. The number of amides is 1. The fourth-order valence-electron chi connectivity index (χ4n) is 1.69. The van der Waals surface area contributed by atoms with Crippen LogP contribution in [0.3, 0.4) is 0 Å². The van der Waals surface area contributed by atoms with Crippen molar-refractivity contribution in [3.63, 3.8) is 0 Å². The molecular weight excluding hydrogens is 264 g/mol. The summed E-state index contributed by atoms with van der Waals surface area (Å²) in [4.78, 5) is 15.7. The third kappa shape index (κ3) is 2.94. The zero-order chi connectivity index (χ0) is 14.7. The van der Waals surface area contributed by atoms with Crippen LogP contribution in [0.25, 0.3) is 0 Å². The van der Waals surface area contributed by atoms with E-state index in [9.17, 15) is 13.2 Å². The van der Waals surface area contributed by atoms with Crippen molar-refractivity contribution in [2.24, 2.45) is 0 Å². The molecule has 0 saturated heterocycles. The van der Waals surface area contributed by atoms with E-state index in [4.69, 9.17) is 0 Å². The van der Waals surface area contributed by atoms with Gasteiger partial charge in [0.05, 0.1) is 0 Å². The van der Waals surface area contributed by atoms with E-state index in [0.29, 0.717) is 0 Å². The molecule has 1 N–H and O–H groups in total. The number of pyridine rings is 1. The third-order valence-electron chi connectivity index (χ3n) is 3.06. The van der Waals surface area contributed by atoms with Crippen molar-refractivity contribution < 1.29 is 13.2 Å². The molecule has 1 amide bonds. The molecule has 0 aliphatic carbocycles. The predicted molar refractivity (Wildman–Crippen MR) is 73.6 cm³/mol. The number of aryl methyl sites for hydroxylation is 1. The van der Waals surface area contributed by atoms with Crippen LogP contribution >= 0.6 is 0 Å². The number of aromatic nitrogens is 1. The Morgan fingerprint density at radius 3 is 2.42 bits per heavy atom. The second kappa shape index (κ2) is 5.69. The highest BCUT2D eigenvalue weighted by atomic mass is 32.2. The molecule has 106 valence electrons. The zero-order valence-corrected chi connectivity index (χ0v) is 12.5. The summed E-state index contributed by atoms with van der Waals surface area (Å²) < 4.78 is 23.3. The Bertz CT molecular complexity index is 548. The highest BCUT2D eigenvalue weighted by Crippen LogP contribution is 2.24. The first-order valence-electron chi connectivity index (χ1n) is 6.19. The van der Waals surface area contributed by atoms with Gasteiger partial charge < -0.3 is 5.32 Å². The van der Waals surface area contributed by atoms with Crippen molar-refractivity contribution in [3.05, 3.63) is 23.9 Å². The number of hydrogen-bond donors (Lipinski definition) is 1. The summed E-state index contributed by atoms with van der Waals surface area (Å²) in [5, 5.41) is 2.30. The van der Waals surface area contributed by atoms with Gasteiger partial charge in [-0.25, -0.2) is 13.4 Å². The molecule has 1 aromatic heterocycles. The summed E-state index contributed by atoms with van der Waals surface area (Å²) in [6.07, 6.45) is 3.37. The number of sulfone groups is 1. The molecule has 1 heterocycles. The molecule has 0 spiro atoms. The maximum absolute atomic E-state index is 12.4. The molecule has 0 atom stereocenters. The Kier molecular flexibility index (Phi) is 4.68. The Labute approximate surface area is 114 Å². The molecule has 5 nitrogen and oxygen atoms in total. The number of carbonyl (C=O) groups excluding carboxylic acids is 1. The molecule has 1 rings (SSSR count). The first-order chi connectivity index (χ1) is 8.77. The summed E-state index contributed by atoms with van der Waals surface area (Å²) in [6, 6.07) is 3.20. The van der Waals surface area contributed by atoms with Crippen molar-refractivity contribution in [3.8, 4) is 0 Å². The monoisotopic (exact) mass is 284 g/mol. The highest BCUT2D eigenvalue weighted by molar-refractivity contribution is 7.93. The van der Waals surface area contributed by atoms with Crippen LogP contribution in [0, 0.1) is 0 Å². The van der Waals surface area contributed by atoms with Crippen molar-refractivity contribution in [2.45, 2.75) is 43.4 Å². The third-order valence-corrected chi connectivity index (χ3v) is 5.38. The van der Waals surface area contributed by atoms with Gasteiger partial charge >= 0.3 is 0 Å². The van der Waals surface area contributed by atoms with Crippen molar-refractivity contribution in [2.75, 3.05) is 7.05 Å². The lowest BCUT2D eigenvalue weighted by Crippen LogP contribution is -2.46. The van der Waals surface area contributed by atoms with E-state index >= 15 is 0 Å². The molecule has 19 heavy (non-hydrogen) atoms. The van der Waals surface area contributed by atoms with Gasteiger partial charge in [-0.1, -0.05) is 19.4 Å². The largest absolute Gasteiger partial charge is 0.358 e. The van der Waals surface area contributed by atoms with Crippen LogP contribution in [0.4, 0.5) is 0 Å². The Morgan fingerprint density at radius 2 is 2.00 bits per heavy atom. The smallest absolute Gasteiger partial charge is 0.241 e. The van der Waals surface area contributed by atoms with Gasteiger partial charge in [0.15, 0.2) is 9.77 Å². The van der Waals surface area contributed by atoms with E-state index in [1.807, 2.05) is 6.92 Å².